The van der Waals surface area contributed by atoms with Crippen LogP contribution in [-0.2, 0) is 0 Å². The molecule has 1 heterocycles. The Morgan fingerprint density at radius 2 is 1.82 bits per heavy atom. The fourth-order valence-electron chi connectivity index (χ4n) is 1.86. The number of thiophene rings is 1. The summed E-state index contributed by atoms with van der Waals surface area (Å²) in [6.45, 7) is 4.15. The summed E-state index contributed by atoms with van der Waals surface area (Å²) in [5.41, 5.74) is 3.71. The molecule has 0 saturated heterocycles. The number of halogens is 1. The van der Waals surface area contributed by atoms with Gasteiger partial charge in [-0.2, -0.15) is 0 Å². The second-order valence-corrected chi connectivity index (χ2v) is 5.92. The normalized spacial score (nSPS) is 12.7. The molecule has 1 unspecified atom stereocenters. The third-order valence-corrected chi connectivity index (χ3v) is 4.48. The van der Waals surface area contributed by atoms with Crippen molar-refractivity contribution >= 4 is 22.9 Å². The van der Waals surface area contributed by atoms with E-state index in [9.17, 15) is 0 Å². The quantitative estimate of drug-likeness (QED) is 0.871. The lowest BCUT2D eigenvalue weighted by molar-refractivity contribution is 0.703. The van der Waals surface area contributed by atoms with Crippen LogP contribution >= 0.6 is 22.9 Å². The molecule has 90 valence electrons. The van der Waals surface area contributed by atoms with Gasteiger partial charge < -0.3 is 5.32 Å². The van der Waals surface area contributed by atoms with Crippen LogP contribution in [0.15, 0.2) is 30.3 Å². The molecular formula is C14H16ClNS. The van der Waals surface area contributed by atoms with E-state index in [4.69, 9.17) is 11.6 Å². The van der Waals surface area contributed by atoms with Gasteiger partial charge in [-0.1, -0.05) is 41.4 Å². The maximum Gasteiger partial charge on any atom is 0.0961 e. The first-order valence-electron chi connectivity index (χ1n) is 5.61. The molecule has 0 radical (unpaired) electrons. The lowest BCUT2D eigenvalue weighted by Gasteiger charge is -2.15. The van der Waals surface area contributed by atoms with E-state index in [1.807, 2.05) is 14.0 Å². The van der Waals surface area contributed by atoms with Gasteiger partial charge in [0, 0.05) is 4.88 Å². The van der Waals surface area contributed by atoms with Gasteiger partial charge in [0.05, 0.1) is 10.4 Å². The Balaban J connectivity index is 2.36. The standard InChI is InChI=1S/C14H16ClNS/c1-9-4-6-11(7-5-9)13(16-3)12-8-10(2)14(15)17-12/h4-8,13,16H,1-3H3. The van der Waals surface area contributed by atoms with Gasteiger partial charge in [0.2, 0.25) is 0 Å². The van der Waals surface area contributed by atoms with Gasteiger partial charge >= 0.3 is 0 Å². The number of benzene rings is 1. The Morgan fingerprint density at radius 3 is 2.29 bits per heavy atom. The van der Waals surface area contributed by atoms with Gasteiger partial charge in [-0.05, 0) is 38.1 Å². The van der Waals surface area contributed by atoms with Crippen molar-refractivity contribution in [3.05, 3.63) is 56.2 Å². The average Bonchev–Trinajstić information content (AvgIpc) is 2.63. The van der Waals surface area contributed by atoms with Crippen LogP contribution in [0.3, 0.4) is 0 Å². The molecule has 1 aromatic carbocycles. The van der Waals surface area contributed by atoms with E-state index in [-0.39, 0.29) is 6.04 Å². The van der Waals surface area contributed by atoms with Crippen molar-refractivity contribution in [2.75, 3.05) is 7.05 Å². The Hall–Kier alpha value is -0.830. The Kier molecular flexibility index (Phi) is 3.87. The molecule has 0 fully saturated rings. The smallest absolute Gasteiger partial charge is 0.0961 e. The first-order chi connectivity index (χ1) is 8.11. The molecule has 0 bridgehead atoms. The predicted octanol–water partition coefficient (Wildman–Crippen LogP) is 4.33. The molecular weight excluding hydrogens is 250 g/mol. The summed E-state index contributed by atoms with van der Waals surface area (Å²) < 4.78 is 0.882. The first kappa shape index (κ1) is 12.6. The summed E-state index contributed by atoms with van der Waals surface area (Å²) in [6.07, 6.45) is 0. The maximum absolute atomic E-state index is 6.13. The molecule has 0 aliphatic rings. The van der Waals surface area contributed by atoms with Gasteiger partial charge in [-0.15, -0.1) is 11.3 Å². The number of nitrogens with one attached hydrogen (secondary N) is 1. The molecule has 3 heteroatoms. The van der Waals surface area contributed by atoms with Crippen LogP contribution in [0, 0.1) is 13.8 Å². The Morgan fingerprint density at radius 1 is 1.18 bits per heavy atom. The number of aryl methyl sites for hydroxylation is 2. The van der Waals surface area contributed by atoms with Gasteiger partial charge in [0.15, 0.2) is 0 Å². The predicted molar refractivity (Wildman–Crippen MR) is 76.1 cm³/mol. The zero-order chi connectivity index (χ0) is 12.4. The molecule has 2 rings (SSSR count). The van der Waals surface area contributed by atoms with Crippen molar-refractivity contribution in [1.29, 1.82) is 0 Å². The highest BCUT2D eigenvalue weighted by Crippen LogP contribution is 2.33. The summed E-state index contributed by atoms with van der Waals surface area (Å²) in [4.78, 5) is 1.26. The SMILES string of the molecule is CNC(c1ccc(C)cc1)c1cc(C)c(Cl)s1. The summed E-state index contributed by atoms with van der Waals surface area (Å²) in [6, 6.07) is 11.0. The van der Waals surface area contributed by atoms with Crippen LogP contribution in [0.2, 0.25) is 4.34 Å². The monoisotopic (exact) mass is 265 g/mol. The molecule has 0 aliphatic heterocycles. The van der Waals surface area contributed by atoms with Crippen molar-refractivity contribution in [2.24, 2.45) is 0 Å². The molecule has 0 spiro atoms. The molecule has 0 aliphatic carbocycles. The molecule has 2 aromatic rings. The molecule has 1 aromatic heterocycles. The van der Waals surface area contributed by atoms with Gasteiger partial charge in [-0.3, -0.25) is 0 Å². The summed E-state index contributed by atoms with van der Waals surface area (Å²) >= 11 is 7.78. The third-order valence-electron chi connectivity index (χ3n) is 2.86. The zero-order valence-electron chi connectivity index (χ0n) is 10.3. The van der Waals surface area contributed by atoms with E-state index < -0.39 is 0 Å². The van der Waals surface area contributed by atoms with E-state index in [0.717, 1.165) is 9.90 Å². The summed E-state index contributed by atoms with van der Waals surface area (Å²) in [7, 11) is 1.98. The second kappa shape index (κ2) is 5.21. The fourth-order valence-corrected chi connectivity index (χ4v) is 3.21. The third kappa shape index (κ3) is 2.71. The van der Waals surface area contributed by atoms with Gasteiger partial charge in [0.25, 0.3) is 0 Å². The van der Waals surface area contributed by atoms with E-state index in [0.29, 0.717) is 0 Å². The second-order valence-electron chi connectivity index (χ2n) is 4.24. The van der Waals surface area contributed by atoms with Crippen molar-refractivity contribution < 1.29 is 0 Å². The fraction of sp³-hybridized carbons (Fsp3) is 0.286. The summed E-state index contributed by atoms with van der Waals surface area (Å²) in [5.74, 6) is 0. The van der Waals surface area contributed by atoms with Gasteiger partial charge in [-0.25, -0.2) is 0 Å². The topological polar surface area (TPSA) is 12.0 Å². The van der Waals surface area contributed by atoms with E-state index in [1.54, 1.807) is 11.3 Å². The highest BCUT2D eigenvalue weighted by Gasteiger charge is 2.15. The largest absolute Gasteiger partial charge is 0.309 e. The van der Waals surface area contributed by atoms with Crippen molar-refractivity contribution in [3.8, 4) is 0 Å². The van der Waals surface area contributed by atoms with Crippen LogP contribution in [0.4, 0.5) is 0 Å². The zero-order valence-corrected chi connectivity index (χ0v) is 11.8. The first-order valence-corrected chi connectivity index (χ1v) is 6.81. The minimum absolute atomic E-state index is 0.229. The molecule has 17 heavy (non-hydrogen) atoms. The van der Waals surface area contributed by atoms with Gasteiger partial charge in [0.1, 0.15) is 0 Å². The highest BCUT2D eigenvalue weighted by atomic mass is 35.5. The summed E-state index contributed by atoms with van der Waals surface area (Å²) in [5, 5.41) is 3.35. The lowest BCUT2D eigenvalue weighted by atomic mass is 10.0. The van der Waals surface area contributed by atoms with E-state index in [1.165, 1.54) is 16.0 Å². The molecule has 0 saturated carbocycles. The van der Waals surface area contributed by atoms with Crippen LogP contribution in [-0.4, -0.2) is 7.05 Å². The van der Waals surface area contributed by atoms with Crippen molar-refractivity contribution in [1.82, 2.24) is 5.32 Å². The number of rotatable bonds is 3. The number of hydrogen-bond donors (Lipinski definition) is 1. The Labute approximate surface area is 111 Å². The Bertz CT molecular complexity index is 482. The van der Waals surface area contributed by atoms with E-state index >= 15 is 0 Å². The molecule has 1 N–H and O–H groups in total. The number of hydrogen-bond acceptors (Lipinski definition) is 2. The van der Waals surface area contributed by atoms with Crippen LogP contribution in [0.1, 0.15) is 27.6 Å². The highest BCUT2D eigenvalue weighted by molar-refractivity contribution is 7.16. The van der Waals surface area contributed by atoms with Crippen molar-refractivity contribution in [2.45, 2.75) is 19.9 Å². The minimum atomic E-state index is 0.229. The maximum atomic E-state index is 6.13. The van der Waals surface area contributed by atoms with Crippen LogP contribution in [0.25, 0.3) is 0 Å². The molecule has 1 atom stereocenters. The minimum Gasteiger partial charge on any atom is -0.309 e. The lowest BCUT2D eigenvalue weighted by Crippen LogP contribution is -2.16. The molecule has 0 amide bonds. The van der Waals surface area contributed by atoms with E-state index in [2.05, 4.69) is 42.6 Å². The molecule has 1 nitrogen and oxygen atoms in total. The average molecular weight is 266 g/mol. The van der Waals surface area contributed by atoms with Crippen molar-refractivity contribution in [3.63, 3.8) is 0 Å². The van der Waals surface area contributed by atoms with Crippen LogP contribution in [0.5, 0.6) is 0 Å². The van der Waals surface area contributed by atoms with Crippen LogP contribution < -0.4 is 5.32 Å².